The summed E-state index contributed by atoms with van der Waals surface area (Å²) < 4.78 is 0. The molecule has 0 heterocycles. The summed E-state index contributed by atoms with van der Waals surface area (Å²) >= 11 is 0. The Balaban J connectivity index is 2.70. The van der Waals surface area contributed by atoms with Gasteiger partial charge >= 0.3 is 0 Å². The van der Waals surface area contributed by atoms with Gasteiger partial charge in [-0.2, -0.15) is 0 Å². The predicted octanol–water partition coefficient (Wildman–Crippen LogP) is 3.75. The van der Waals surface area contributed by atoms with E-state index in [4.69, 9.17) is 0 Å². The number of rotatable bonds is 6. The summed E-state index contributed by atoms with van der Waals surface area (Å²) in [6.45, 7) is 10.8. The van der Waals surface area contributed by atoms with E-state index in [1.165, 1.54) is 16.7 Å². The van der Waals surface area contributed by atoms with Gasteiger partial charge in [-0.1, -0.05) is 52.3 Å². The summed E-state index contributed by atoms with van der Waals surface area (Å²) in [5.41, 5.74) is 4.05. The van der Waals surface area contributed by atoms with Crippen molar-refractivity contribution >= 4 is 0 Å². The monoisotopic (exact) mass is 278 g/mol. The SMILES string of the molecule is CCCC(O)C(O)CCc1ccc(C)c(C(C)(C)C)c1. The van der Waals surface area contributed by atoms with Gasteiger partial charge < -0.3 is 10.2 Å². The number of aliphatic hydroxyl groups excluding tert-OH is 2. The minimum atomic E-state index is -0.616. The first-order valence-electron chi connectivity index (χ1n) is 7.71. The Kier molecular flexibility index (Phi) is 6.22. The Bertz CT molecular complexity index is 418. The van der Waals surface area contributed by atoms with Gasteiger partial charge in [-0.3, -0.25) is 0 Å². The van der Waals surface area contributed by atoms with Gasteiger partial charge in [-0.05, 0) is 48.3 Å². The first kappa shape index (κ1) is 17.2. The third-order valence-corrected chi connectivity index (χ3v) is 3.87. The van der Waals surface area contributed by atoms with Crippen molar-refractivity contribution in [2.45, 2.75) is 77.9 Å². The Labute approximate surface area is 123 Å². The maximum Gasteiger partial charge on any atom is 0.0802 e. The van der Waals surface area contributed by atoms with Crippen LogP contribution in [0.4, 0.5) is 0 Å². The molecule has 2 heteroatoms. The van der Waals surface area contributed by atoms with E-state index in [-0.39, 0.29) is 5.41 Å². The van der Waals surface area contributed by atoms with Crippen LogP contribution in [0.1, 0.15) is 63.6 Å². The van der Waals surface area contributed by atoms with E-state index in [0.29, 0.717) is 12.8 Å². The predicted molar refractivity (Wildman–Crippen MR) is 85.1 cm³/mol. The second kappa shape index (κ2) is 7.24. The maximum absolute atomic E-state index is 9.94. The lowest BCUT2D eigenvalue weighted by Gasteiger charge is -2.23. The molecular weight excluding hydrogens is 248 g/mol. The van der Waals surface area contributed by atoms with Gasteiger partial charge in [-0.15, -0.1) is 0 Å². The lowest BCUT2D eigenvalue weighted by molar-refractivity contribution is 0.00980. The van der Waals surface area contributed by atoms with Crippen molar-refractivity contribution in [3.63, 3.8) is 0 Å². The second-order valence-corrected chi connectivity index (χ2v) is 6.86. The molecule has 0 saturated heterocycles. The summed E-state index contributed by atoms with van der Waals surface area (Å²) in [5, 5.41) is 19.7. The standard InChI is InChI=1S/C18H30O2/c1-6-7-16(19)17(20)11-10-14-9-8-13(2)15(12-14)18(3,4)5/h8-9,12,16-17,19-20H,6-7,10-11H2,1-5H3. The number of hydrogen-bond donors (Lipinski definition) is 2. The Morgan fingerprint density at radius 3 is 2.20 bits per heavy atom. The van der Waals surface area contributed by atoms with Crippen LogP contribution in [0.5, 0.6) is 0 Å². The molecule has 0 aliphatic rings. The van der Waals surface area contributed by atoms with Crippen LogP contribution in [-0.4, -0.2) is 22.4 Å². The van der Waals surface area contributed by atoms with Gasteiger partial charge in [0.25, 0.3) is 0 Å². The van der Waals surface area contributed by atoms with Crippen molar-refractivity contribution in [1.29, 1.82) is 0 Å². The molecule has 0 spiro atoms. The number of aryl methyl sites for hydroxylation is 2. The molecule has 1 rings (SSSR count). The van der Waals surface area contributed by atoms with Crippen molar-refractivity contribution in [3.8, 4) is 0 Å². The molecule has 0 amide bonds. The molecule has 0 fully saturated rings. The van der Waals surface area contributed by atoms with Gasteiger partial charge in [-0.25, -0.2) is 0 Å². The average Bonchev–Trinajstić information content (AvgIpc) is 2.36. The molecule has 1 aromatic rings. The highest BCUT2D eigenvalue weighted by atomic mass is 16.3. The van der Waals surface area contributed by atoms with Crippen molar-refractivity contribution < 1.29 is 10.2 Å². The number of benzene rings is 1. The third kappa shape index (κ3) is 4.92. The molecule has 2 atom stereocenters. The Hall–Kier alpha value is -0.860. The van der Waals surface area contributed by atoms with Crippen LogP contribution >= 0.6 is 0 Å². The fourth-order valence-corrected chi connectivity index (χ4v) is 2.63. The first-order chi connectivity index (χ1) is 9.25. The van der Waals surface area contributed by atoms with E-state index in [1.54, 1.807) is 0 Å². The number of hydrogen-bond acceptors (Lipinski definition) is 2. The average molecular weight is 278 g/mol. The van der Waals surface area contributed by atoms with Crippen molar-refractivity contribution in [2.24, 2.45) is 0 Å². The Morgan fingerprint density at radius 1 is 1.05 bits per heavy atom. The summed E-state index contributed by atoms with van der Waals surface area (Å²) in [5.74, 6) is 0. The van der Waals surface area contributed by atoms with Crippen molar-refractivity contribution in [1.82, 2.24) is 0 Å². The van der Waals surface area contributed by atoms with Gasteiger partial charge in [0, 0.05) is 0 Å². The number of aliphatic hydroxyl groups is 2. The molecule has 20 heavy (non-hydrogen) atoms. The van der Waals surface area contributed by atoms with E-state index >= 15 is 0 Å². The van der Waals surface area contributed by atoms with E-state index < -0.39 is 12.2 Å². The smallest absolute Gasteiger partial charge is 0.0802 e. The van der Waals surface area contributed by atoms with Gasteiger partial charge in [0.05, 0.1) is 12.2 Å². The molecule has 0 aromatic heterocycles. The summed E-state index contributed by atoms with van der Waals surface area (Å²) in [6, 6.07) is 6.53. The van der Waals surface area contributed by atoms with Crippen LogP contribution in [0.15, 0.2) is 18.2 Å². The fourth-order valence-electron chi connectivity index (χ4n) is 2.63. The van der Waals surface area contributed by atoms with E-state index in [1.807, 2.05) is 6.92 Å². The van der Waals surface area contributed by atoms with Crippen LogP contribution in [0.3, 0.4) is 0 Å². The zero-order chi connectivity index (χ0) is 15.3. The first-order valence-corrected chi connectivity index (χ1v) is 7.71. The van der Waals surface area contributed by atoms with Crippen LogP contribution < -0.4 is 0 Å². The summed E-state index contributed by atoms with van der Waals surface area (Å²) in [4.78, 5) is 0. The summed E-state index contributed by atoms with van der Waals surface area (Å²) in [6.07, 6.45) is 1.79. The molecular formula is C18H30O2. The molecule has 0 aliphatic carbocycles. The molecule has 114 valence electrons. The van der Waals surface area contributed by atoms with Crippen LogP contribution in [0.25, 0.3) is 0 Å². The molecule has 1 aromatic carbocycles. The molecule has 0 bridgehead atoms. The van der Waals surface area contributed by atoms with E-state index in [9.17, 15) is 10.2 Å². The molecule has 2 unspecified atom stereocenters. The van der Waals surface area contributed by atoms with Crippen LogP contribution in [0.2, 0.25) is 0 Å². The normalized spacial score (nSPS) is 15.2. The van der Waals surface area contributed by atoms with Gasteiger partial charge in [0.2, 0.25) is 0 Å². The van der Waals surface area contributed by atoms with Crippen LogP contribution in [0, 0.1) is 6.92 Å². The largest absolute Gasteiger partial charge is 0.390 e. The van der Waals surface area contributed by atoms with E-state index in [2.05, 4.69) is 45.9 Å². The quantitative estimate of drug-likeness (QED) is 0.832. The van der Waals surface area contributed by atoms with Crippen molar-refractivity contribution in [3.05, 3.63) is 34.9 Å². The highest BCUT2D eigenvalue weighted by Gasteiger charge is 2.18. The zero-order valence-corrected chi connectivity index (χ0v) is 13.6. The maximum atomic E-state index is 9.94. The molecule has 0 aliphatic heterocycles. The molecule has 2 nitrogen and oxygen atoms in total. The lowest BCUT2D eigenvalue weighted by atomic mass is 9.82. The minimum absolute atomic E-state index is 0.139. The molecule has 0 saturated carbocycles. The van der Waals surface area contributed by atoms with Crippen molar-refractivity contribution in [2.75, 3.05) is 0 Å². The summed E-state index contributed by atoms with van der Waals surface area (Å²) in [7, 11) is 0. The Morgan fingerprint density at radius 2 is 1.65 bits per heavy atom. The van der Waals surface area contributed by atoms with Crippen LogP contribution in [-0.2, 0) is 11.8 Å². The lowest BCUT2D eigenvalue weighted by Crippen LogP contribution is -2.26. The highest BCUT2D eigenvalue weighted by Crippen LogP contribution is 2.27. The molecule has 0 radical (unpaired) electrons. The van der Waals surface area contributed by atoms with Gasteiger partial charge in [0.1, 0.15) is 0 Å². The topological polar surface area (TPSA) is 40.5 Å². The van der Waals surface area contributed by atoms with Gasteiger partial charge in [0.15, 0.2) is 0 Å². The zero-order valence-electron chi connectivity index (χ0n) is 13.6. The second-order valence-electron chi connectivity index (χ2n) is 6.86. The van der Waals surface area contributed by atoms with E-state index in [0.717, 1.165) is 12.8 Å². The molecule has 2 N–H and O–H groups in total. The highest BCUT2D eigenvalue weighted by molar-refractivity contribution is 5.35. The fraction of sp³-hybridized carbons (Fsp3) is 0.667. The minimum Gasteiger partial charge on any atom is -0.390 e. The third-order valence-electron chi connectivity index (χ3n) is 3.87.